The Balaban J connectivity index is 1.84. The molecule has 2 heterocycles. The van der Waals surface area contributed by atoms with E-state index in [0.717, 1.165) is 17.8 Å². The van der Waals surface area contributed by atoms with Crippen LogP contribution in [0.4, 0.5) is 0 Å². The number of hydrogen-bond donors (Lipinski definition) is 1. The second kappa shape index (κ2) is 10.5. The Morgan fingerprint density at radius 2 is 1.69 bits per heavy atom. The van der Waals surface area contributed by atoms with Gasteiger partial charge in [-0.15, -0.1) is 11.3 Å². The monoisotopic (exact) mass is 497 g/mol. The zero-order valence-electron chi connectivity index (χ0n) is 17.5. The van der Waals surface area contributed by atoms with E-state index < -0.39 is 27.0 Å². The van der Waals surface area contributed by atoms with E-state index in [-0.39, 0.29) is 23.9 Å². The molecule has 1 aromatic heterocycles. The standard InChI is InChI=1S/C21H24ClN3O5S2/c1-2-4-18(26)24-10-12-25(13-11-24)21(28)20(23-19(27)17-5-3-14-31-17)32(29,30)16-8-6-15(22)7-9-16/h3,5-9,14,20H,2,4,10-13H2,1H3,(H,23,27)/t20-/m1/s1. The highest BCUT2D eigenvalue weighted by molar-refractivity contribution is 7.92. The third-order valence-electron chi connectivity index (χ3n) is 5.09. The highest BCUT2D eigenvalue weighted by Crippen LogP contribution is 2.21. The number of hydrogen-bond acceptors (Lipinski definition) is 6. The largest absolute Gasteiger partial charge is 0.339 e. The Kier molecular flexibility index (Phi) is 7.91. The Morgan fingerprint density at radius 1 is 1.06 bits per heavy atom. The molecule has 1 aliphatic rings. The number of carbonyl (C=O) groups excluding carboxylic acids is 3. The van der Waals surface area contributed by atoms with Gasteiger partial charge >= 0.3 is 0 Å². The number of amides is 3. The number of sulfone groups is 1. The molecule has 0 unspecified atom stereocenters. The zero-order valence-corrected chi connectivity index (χ0v) is 19.9. The fourth-order valence-electron chi connectivity index (χ4n) is 3.34. The molecule has 0 saturated carbocycles. The van der Waals surface area contributed by atoms with Gasteiger partial charge in [-0.25, -0.2) is 8.42 Å². The Hall–Kier alpha value is -2.43. The van der Waals surface area contributed by atoms with Crippen molar-refractivity contribution < 1.29 is 22.8 Å². The van der Waals surface area contributed by atoms with Gasteiger partial charge in [0.2, 0.25) is 21.1 Å². The van der Waals surface area contributed by atoms with Gasteiger partial charge in [-0.3, -0.25) is 14.4 Å². The summed E-state index contributed by atoms with van der Waals surface area (Å²) in [4.78, 5) is 41.3. The predicted molar refractivity (Wildman–Crippen MR) is 122 cm³/mol. The van der Waals surface area contributed by atoms with Crippen molar-refractivity contribution in [1.29, 1.82) is 0 Å². The van der Waals surface area contributed by atoms with E-state index in [0.29, 0.717) is 29.4 Å². The minimum absolute atomic E-state index is 0.0101. The first-order valence-electron chi connectivity index (χ1n) is 10.1. The van der Waals surface area contributed by atoms with Crippen LogP contribution in [0.2, 0.25) is 5.02 Å². The first kappa shape index (κ1) is 24.2. The Labute approximate surface area is 196 Å². The molecule has 1 fully saturated rings. The van der Waals surface area contributed by atoms with E-state index in [1.54, 1.807) is 22.4 Å². The third-order valence-corrected chi connectivity index (χ3v) is 8.08. The van der Waals surface area contributed by atoms with Crippen LogP contribution in [0.1, 0.15) is 29.4 Å². The summed E-state index contributed by atoms with van der Waals surface area (Å²) in [5.74, 6) is -1.36. The zero-order chi connectivity index (χ0) is 23.3. The van der Waals surface area contributed by atoms with Crippen molar-refractivity contribution in [3.8, 4) is 0 Å². The summed E-state index contributed by atoms with van der Waals surface area (Å²) in [5, 5.41) is 2.64. The lowest BCUT2D eigenvalue weighted by atomic mass is 10.2. The molecule has 3 amide bonds. The molecule has 172 valence electrons. The number of thiophene rings is 1. The predicted octanol–water partition coefficient (Wildman–Crippen LogP) is 2.40. The number of nitrogens with one attached hydrogen (secondary N) is 1. The first-order valence-corrected chi connectivity index (χ1v) is 12.9. The average Bonchev–Trinajstić information content (AvgIpc) is 3.32. The lowest BCUT2D eigenvalue weighted by Crippen LogP contribution is -2.57. The molecule has 2 aromatic rings. The summed E-state index contributed by atoms with van der Waals surface area (Å²) in [6, 6.07) is 8.64. The van der Waals surface area contributed by atoms with Gasteiger partial charge in [-0.05, 0) is 42.1 Å². The van der Waals surface area contributed by atoms with Gasteiger partial charge in [0, 0.05) is 37.6 Å². The molecule has 1 saturated heterocycles. The quantitative estimate of drug-likeness (QED) is 0.632. The van der Waals surface area contributed by atoms with Gasteiger partial charge in [0.1, 0.15) is 0 Å². The van der Waals surface area contributed by atoms with Gasteiger partial charge in [-0.1, -0.05) is 24.6 Å². The summed E-state index contributed by atoms with van der Waals surface area (Å²) in [6.45, 7) is 2.93. The molecule has 8 nitrogen and oxygen atoms in total. The molecule has 1 atom stereocenters. The maximum atomic E-state index is 13.3. The summed E-state index contributed by atoms with van der Waals surface area (Å²) in [6.07, 6.45) is 1.16. The fourth-order valence-corrected chi connectivity index (χ4v) is 5.56. The van der Waals surface area contributed by atoms with Crippen LogP contribution in [0.3, 0.4) is 0 Å². The summed E-state index contributed by atoms with van der Waals surface area (Å²) in [5.41, 5.74) is 0. The van der Waals surface area contributed by atoms with Gasteiger partial charge in [0.15, 0.2) is 0 Å². The van der Waals surface area contributed by atoms with Crippen LogP contribution in [0.25, 0.3) is 0 Å². The molecule has 0 bridgehead atoms. The van der Waals surface area contributed by atoms with Crippen LogP contribution in [0.15, 0.2) is 46.7 Å². The summed E-state index contributed by atoms with van der Waals surface area (Å²) >= 11 is 7.01. The van der Waals surface area contributed by atoms with Gasteiger partial charge < -0.3 is 15.1 Å². The van der Waals surface area contributed by atoms with Crippen LogP contribution in [-0.2, 0) is 19.4 Å². The smallest absolute Gasteiger partial charge is 0.262 e. The van der Waals surface area contributed by atoms with Crippen LogP contribution in [-0.4, -0.2) is 67.5 Å². The van der Waals surface area contributed by atoms with Crippen LogP contribution in [0, 0.1) is 0 Å². The molecule has 0 spiro atoms. The Morgan fingerprint density at radius 3 is 2.25 bits per heavy atom. The Bertz CT molecular complexity index is 1060. The molecule has 1 N–H and O–H groups in total. The van der Waals surface area contributed by atoms with Gasteiger partial charge in [0.05, 0.1) is 9.77 Å². The molecule has 32 heavy (non-hydrogen) atoms. The topological polar surface area (TPSA) is 104 Å². The number of rotatable bonds is 7. The fraction of sp³-hybridized carbons (Fsp3) is 0.381. The molecular weight excluding hydrogens is 474 g/mol. The van der Waals surface area contributed by atoms with E-state index in [1.807, 2.05) is 6.92 Å². The lowest BCUT2D eigenvalue weighted by molar-refractivity contribution is -0.139. The van der Waals surface area contributed by atoms with E-state index in [4.69, 9.17) is 11.6 Å². The number of nitrogens with zero attached hydrogens (tertiary/aromatic N) is 2. The van der Waals surface area contributed by atoms with Gasteiger partial charge in [0.25, 0.3) is 11.8 Å². The number of halogens is 1. The van der Waals surface area contributed by atoms with Crippen molar-refractivity contribution >= 4 is 50.5 Å². The second-order valence-corrected chi connectivity index (χ2v) is 10.7. The van der Waals surface area contributed by atoms with Crippen molar-refractivity contribution in [2.24, 2.45) is 0 Å². The molecule has 1 aliphatic heterocycles. The van der Waals surface area contributed by atoms with Crippen molar-refractivity contribution in [1.82, 2.24) is 15.1 Å². The van der Waals surface area contributed by atoms with Crippen LogP contribution in [0.5, 0.6) is 0 Å². The van der Waals surface area contributed by atoms with Gasteiger partial charge in [-0.2, -0.15) is 0 Å². The maximum absolute atomic E-state index is 13.3. The summed E-state index contributed by atoms with van der Waals surface area (Å²) < 4.78 is 26.6. The summed E-state index contributed by atoms with van der Waals surface area (Å²) in [7, 11) is -4.25. The highest BCUT2D eigenvalue weighted by Gasteiger charge is 2.39. The molecule has 3 rings (SSSR count). The molecule has 0 aliphatic carbocycles. The van der Waals surface area contributed by atoms with Crippen molar-refractivity contribution in [3.05, 3.63) is 51.7 Å². The van der Waals surface area contributed by atoms with E-state index in [9.17, 15) is 22.8 Å². The number of benzene rings is 1. The maximum Gasteiger partial charge on any atom is 0.262 e. The lowest BCUT2D eigenvalue weighted by Gasteiger charge is -2.36. The van der Waals surface area contributed by atoms with Crippen molar-refractivity contribution in [2.45, 2.75) is 30.0 Å². The first-order chi connectivity index (χ1) is 15.2. The third kappa shape index (κ3) is 5.48. The van der Waals surface area contributed by atoms with E-state index in [1.165, 1.54) is 29.2 Å². The molecular formula is C21H24ClN3O5S2. The SMILES string of the molecule is CCCC(=O)N1CCN(C(=O)[C@H](NC(=O)c2cccs2)S(=O)(=O)c2ccc(Cl)cc2)CC1. The normalized spacial score (nSPS) is 15.3. The van der Waals surface area contributed by atoms with Crippen LogP contribution < -0.4 is 5.32 Å². The molecule has 1 aromatic carbocycles. The molecule has 0 radical (unpaired) electrons. The van der Waals surface area contributed by atoms with Crippen molar-refractivity contribution in [3.63, 3.8) is 0 Å². The van der Waals surface area contributed by atoms with Crippen LogP contribution >= 0.6 is 22.9 Å². The minimum Gasteiger partial charge on any atom is -0.339 e. The number of carbonyl (C=O) groups is 3. The highest BCUT2D eigenvalue weighted by atomic mass is 35.5. The molecule has 11 heteroatoms. The van der Waals surface area contributed by atoms with E-state index in [2.05, 4.69) is 5.32 Å². The minimum atomic E-state index is -4.25. The second-order valence-electron chi connectivity index (χ2n) is 7.29. The van der Waals surface area contributed by atoms with Crippen molar-refractivity contribution in [2.75, 3.05) is 26.2 Å². The average molecular weight is 498 g/mol. The van der Waals surface area contributed by atoms with E-state index >= 15 is 0 Å². The number of piperazine rings is 1.